The molecule has 18 heavy (non-hydrogen) atoms. The van der Waals surface area contributed by atoms with Gasteiger partial charge in [0.15, 0.2) is 6.61 Å². The molecule has 0 fully saturated rings. The minimum Gasteiger partial charge on any atom is -0.465 e. The summed E-state index contributed by atoms with van der Waals surface area (Å²) >= 11 is 0. The standard InChI is InChI=1S/C10H13N5O3/c1-7-3-9(14-18-7)17-5-10(16)15(2)4-8-11-6-12-13-8/h3,6H,4-5H2,1-2H3,(H,11,12,13). The van der Waals surface area contributed by atoms with Crippen molar-refractivity contribution in [3.05, 3.63) is 24.0 Å². The summed E-state index contributed by atoms with van der Waals surface area (Å²) in [7, 11) is 1.66. The van der Waals surface area contributed by atoms with E-state index in [0.717, 1.165) is 0 Å². The number of ether oxygens (including phenoxy) is 1. The summed E-state index contributed by atoms with van der Waals surface area (Å²) in [6.07, 6.45) is 1.39. The fourth-order valence-corrected chi connectivity index (χ4v) is 1.28. The Morgan fingerprint density at radius 1 is 1.61 bits per heavy atom. The van der Waals surface area contributed by atoms with Crippen LogP contribution in [0.5, 0.6) is 5.88 Å². The highest BCUT2D eigenvalue weighted by Gasteiger charge is 2.12. The quantitative estimate of drug-likeness (QED) is 0.811. The minimum absolute atomic E-state index is 0.101. The van der Waals surface area contributed by atoms with Crippen LogP contribution in [0.15, 0.2) is 16.9 Å². The van der Waals surface area contributed by atoms with E-state index in [4.69, 9.17) is 9.26 Å². The molecule has 0 spiro atoms. The number of aryl methyl sites for hydroxylation is 1. The molecule has 2 aromatic rings. The first-order chi connectivity index (χ1) is 8.65. The molecule has 0 saturated carbocycles. The van der Waals surface area contributed by atoms with E-state index >= 15 is 0 Å². The van der Waals surface area contributed by atoms with Crippen LogP contribution in [0.4, 0.5) is 0 Å². The number of likely N-dealkylation sites (N-methyl/N-ethyl adjacent to an activating group) is 1. The summed E-state index contributed by atoms with van der Waals surface area (Å²) in [5, 5.41) is 10.0. The number of aromatic amines is 1. The largest absolute Gasteiger partial charge is 0.465 e. The van der Waals surface area contributed by atoms with Crippen LogP contribution < -0.4 is 4.74 Å². The first-order valence-electron chi connectivity index (χ1n) is 5.29. The zero-order valence-electron chi connectivity index (χ0n) is 10.1. The van der Waals surface area contributed by atoms with Crippen LogP contribution in [-0.4, -0.2) is 44.8 Å². The van der Waals surface area contributed by atoms with E-state index < -0.39 is 0 Å². The van der Waals surface area contributed by atoms with E-state index in [-0.39, 0.29) is 12.5 Å². The molecule has 0 bridgehead atoms. The molecule has 0 saturated heterocycles. The molecular formula is C10H13N5O3. The second-order valence-electron chi connectivity index (χ2n) is 3.75. The number of aromatic nitrogens is 4. The predicted octanol–water partition coefficient (Wildman–Crippen LogP) is 0.139. The van der Waals surface area contributed by atoms with Gasteiger partial charge in [-0.2, -0.15) is 5.10 Å². The molecule has 2 aromatic heterocycles. The Bertz CT molecular complexity index is 507. The van der Waals surface area contributed by atoms with Crippen molar-refractivity contribution in [1.82, 2.24) is 25.2 Å². The molecule has 2 heterocycles. The first kappa shape index (κ1) is 12.1. The Morgan fingerprint density at radius 2 is 2.44 bits per heavy atom. The number of hydrogen-bond donors (Lipinski definition) is 1. The van der Waals surface area contributed by atoms with E-state index in [1.165, 1.54) is 11.2 Å². The molecule has 1 amide bonds. The molecule has 1 N–H and O–H groups in total. The monoisotopic (exact) mass is 251 g/mol. The average Bonchev–Trinajstić information content (AvgIpc) is 2.97. The van der Waals surface area contributed by atoms with E-state index in [1.54, 1.807) is 20.0 Å². The lowest BCUT2D eigenvalue weighted by molar-refractivity contribution is -0.132. The third kappa shape index (κ3) is 3.06. The Labute approximate surface area is 103 Å². The zero-order valence-corrected chi connectivity index (χ0v) is 10.1. The average molecular weight is 251 g/mol. The first-order valence-corrected chi connectivity index (χ1v) is 5.29. The molecule has 0 aliphatic heterocycles. The Kier molecular flexibility index (Phi) is 3.56. The second-order valence-corrected chi connectivity index (χ2v) is 3.75. The number of carbonyl (C=O) groups is 1. The van der Waals surface area contributed by atoms with Gasteiger partial charge in [0.05, 0.1) is 6.54 Å². The van der Waals surface area contributed by atoms with Gasteiger partial charge in [-0.1, -0.05) is 0 Å². The van der Waals surface area contributed by atoms with Crippen molar-refractivity contribution in [1.29, 1.82) is 0 Å². The lowest BCUT2D eigenvalue weighted by Gasteiger charge is -2.14. The van der Waals surface area contributed by atoms with Gasteiger partial charge in [0.2, 0.25) is 0 Å². The van der Waals surface area contributed by atoms with E-state index in [9.17, 15) is 4.79 Å². The van der Waals surface area contributed by atoms with E-state index in [1.807, 2.05) is 0 Å². The molecule has 0 aliphatic rings. The molecule has 96 valence electrons. The number of amides is 1. The predicted molar refractivity (Wildman–Crippen MR) is 59.6 cm³/mol. The van der Waals surface area contributed by atoms with Crippen molar-refractivity contribution in [2.45, 2.75) is 13.5 Å². The summed E-state index contributed by atoms with van der Waals surface area (Å²) in [5.74, 6) is 1.36. The number of nitrogens with zero attached hydrogens (tertiary/aromatic N) is 4. The molecule has 8 nitrogen and oxygen atoms in total. The van der Waals surface area contributed by atoms with Gasteiger partial charge in [-0.25, -0.2) is 4.98 Å². The maximum Gasteiger partial charge on any atom is 0.260 e. The van der Waals surface area contributed by atoms with Crippen molar-refractivity contribution in [2.75, 3.05) is 13.7 Å². The third-order valence-corrected chi connectivity index (χ3v) is 2.23. The van der Waals surface area contributed by atoms with Crippen LogP contribution in [0.25, 0.3) is 0 Å². The minimum atomic E-state index is -0.188. The maximum absolute atomic E-state index is 11.7. The molecule has 0 unspecified atom stereocenters. The van der Waals surface area contributed by atoms with Gasteiger partial charge in [-0.3, -0.25) is 9.89 Å². The van der Waals surface area contributed by atoms with Gasteiger partial charge in [0.1, 0.15) is 17.9 Å². The maximum atomic E-state index is 11.7. The summed E-state index contributed by atoms with van der Waals surface area (Å²) in [4.78, 5) is 17.1. The van der Waals surface area contributed by atoms with Crippen molar-refractivity contribution < 1.29 is 14.1 Å². The molecular weight excluding hydrogens is 238 g/mol. The molecule has 0 atom stereocenters. The van der Waals surface area contributed by atoms with Crippen LogP contribution in [0, 0.1) is 6.92 Å². The Hall–Kier alpha value is -2.38. The van der Waals surface area contributed by atoms with Gasteiger partial charge in [-0.15, -0.1) is 0 Å². The van der Waals surface area contributed by atoms with Gasteiger partial charge in [0, 0.05) is 13.1 Å². The van der Waals surface area contributed by atoms with Crippen LogP contribution >= 0.6 is 0 Å². The second kappa shape index (κ2) is 5.30. The number of H-pyrrole nitrogens is 1. The number of rotatable bonds is 5. The number of carbonyl (C=O) groups excluding carboxylic acids is 1. The van der Waals surface area contributed by atoms with Gasteiger partial charge in [-0.05, 0) is 12.1 Å². The Balaban J connectivity index is 1.80. The fourth-order valence-electron chi connectivity index (χ4n) is 1.28. The topological polar surface area (TPSA) is 97.1 Å². The number of hydrogen-bond acceptors (Lipinski definition) is 6. The molecule has 2 rings (SSSR count). The van der Waals surface area contributed by atoms with Gasteiger partial charge < -0.3 is 14.2 Å². The zero-order chi connectivity index (χ0) is 13.0. The lowest BCUT2D eigenvalue weighted by Crippen LogP contribution is -2.31. The van der Waals surface area contributed by atoms with Crippen molar-refractivity contribution in [3.63, 3.8) is 0 Å². The molecule has 0 aliphatic carbocycles. The van der Waals surface area contributed by atoms with E-state index in [2.05, 4.69) is 20.3 Å². The highest BCUT2D eigenvalue weighted by Crippen LogP contribution is 2.09. The van der Waals surface area contributed by atoms with Crippen LogP contribution in [0.3, 0.4) is 0 Å². The summed E-state index contributed by atoms with van der Waals surface area (Å²) in [5.41, 5.74) is 0. The molecule has 0 aromatic carbocycles. The fraction of sp³-hybridized carbons (Fsp3) is 0.400. The highest BCUT2D eigenvalue weighted by molar-refractivity contribution is 5.77. The van der Waals surface area contributed by atoms with Crippen molar-refractivity contribution in [3.8, 4) is 5.88 Å². The van der Waals surface area contributed by atoms with Gasteiger partial charge >= 0.3 is 0 Å². The summed E-state index contributed by atoms with van der Waals surface area (Å²) < 4.78 is 10.0. The normalized spacial score (nSPS) is 10.3. The van der Waals surface area contributed by atoms with Gasteiger partial charge in [0.25, 0.3) is 11.8 Å². The highest BCUT2D eigenvalue weighted by atomic mass is 16.5. The molecule has 0 radical (unpaired) electrons. The SMILES string of the molecule is Cc1cc(OCC(=O)N(C)Cc2ncn[nH]2)no1. The summed E-state index contributed by atoms with van der Waals surface area (Å²) in [6.45, 7) is 1.99. The number of nitrogens with one attached hydrogen (secondary N) is 1. The van der Waals surface area contributed by atoms with Crippen LogP contribution in [-0.2, 0) is 11.3 Å². The van der Waals surface area contributed by atoms with Crippen LogP contribution in [0.1, 0.15) is 11.6 Å². The third-order valence-electron chi connectivity index (χ3n) is 2.23. The van der Waals surface area contributed by atoms with Crippen molar-refractivity contribution >= 4 is 5.91 Å². The van der Waals surface area contributed by atoms with E-state index in [0.29, 0.717) is 24.0 Å². The summed E-state index contributed by atoms with van der Waals surface area (Å²) in [6, 6.07) is 1.61. The van der Waals surface area contributed by atoms with Crippen LogP contribution in [0.2, 0.25) is 0 Å². The Morgan fingerprint density at radius 3 is 3.06 bits per heavy atom. The smallest absolute Gasteiger partial charge is 0.260 e. The van der Waals surface area contributed by atoms with Crippen molar-refractivity contribution in [2.24, 2.45) is 0 Å². The lowest BCUT2D eigenvalue weighted by atomic mass is 10.5. The molecule has 8 heteroatoms.